The Kier molecular flexibility index (Phi) is 3.96. The van der Waals surface area contributed by atoms with Crippen molar-refractivity contribution >= 4 is 54.4 Å². The highest BCUT2D eigenvalue weighted by molar-refractivity contribution is 9.11. The van der Waals surface area contributed by atoms with Gasteiger partial charge in [0.25, 0.3) is 0 Å². The maximum atomic E-state index is 5.97. The largest absolute Gasteiger partial charge is 0.437 e. The zero-order valence-electron chi connectivity index (χ0n) is 10.1. The van der Waals surface area contributed by atoms with Crippen molar-refractivity contribution in [2.24, 2.45) is 0 Å². The van der Waals surface area contributed by atoms with Gasteiger partial charge in [0.05, 0.1) is 14.5 Å². The molecule has 0 aliphatic carbocycles. The van der Waals surface area contributed by atoms with Crippen molar-refractivity contribution in [3.63, 3.8) is 0 Å². The first kappa shape index (κ1) is 13.9. The topological polar surface area (TPSA) is 22.1 Å². The summed E-state index contributed by atoms with van der Waals surface area (Å²) in [6.07, 6.45) is 0. The second-order valence-electron chi connectivity index (χ2n) is 4.14. The van der Waals surface area contributed by atoms with E-state index < -0.39 is 0 Å². The van der Waals surface area contributed by atoms with Gasteiger partial charge < -0.3 is 4.74 Å². The molecular formula is C15H8Br2ClNO. The number of hydrogen-bond acceptors (Lipinski definition) is 2. The van der Waals surface area contributed by atoms with Gasteiger partial charge in [-0.15, -0.1) is 0 Å². The molecule has 1 heterocycles. The number of ether oxygens (including phenoxy) is 1. The first-order chi connectivity index (χ1) is 9.63. The van der Waals surface area contributed by atoms with E-state index in [1.807, 2.05) is 36.4 Å². The molecule has 0 saturated carbocycles. The van der Waals surface area contributed by atoms with Crippen LogP contribution < -0.4 is 4.74 Å². The van der Waals surface area contributed by atoms with E-state index >= 15 is 0 Å². The summed E-state index contributed by atoms with van der Waals surface area (Å²) in [4.78, 5) is 4.48. The van der Waals surface area contributed by atoms with Gasteiger partial charge in [0.2, 0.25) is 5.88 Å². The van der Waals surface area contributed by atoms with Crippen LogP contribution in [0.2, 0.25) is 5.02 Å². The lowest BCUT2D eigenvalue weighted by atomic mass is 10.2. The van der Waals surface area contributed by atoms with Crippen LogP contribution in [0.4, 0.5) is 0 Å². The lowest BCUT2D eigenvalue weighted by Crippen LogP contribution is -1.90. The van der Waals surface area contributed by atoms with Crippen molar-refractivity contribution in [1.29, 1.82) is 0 Å². The maximum absolute atomic E-state index is 5.97. The highest BCUT2D eigenvalue weighted by Crippen LogP contribution is 2.38. The lowest BCUT2D eigenvalue weighted by molar-refractivity contribution is 0.459. The van der Waals surface area contributed by atoms with Gasteiger partial charge in [0, 0.05) is 16.5 Å². The first-order valence-electron chi connectivity index (χ1n) is 5.82. The predicted molar refractivity (Wildman–Crippen MR) is 88.7 cm³/mol. The third kappa shape index (κ3) is 2.82. The van der Waals surface area contributed by atoms with Gasteiger partial charge in [-0.1, -0.05) is 29.8 Å². The van der Waals surface area contributed by atoms with Crippen LogP contribution in [0, 0.1) is 0 Å². The van der Waals surface area contributed by atoms with Crippen molar-refractivity contribution in [3.8, 4) is 11.6 Å². The third-order valence-electron chi connectivity index (χ3n) is 2.74. The molecule has 100 valence electrons. The Bertz CT molecular complexity index is 769. The highest BCUT2D eigenvalue weighted by Gasteiger charge is 2.10. The summed E-state index contributed by atoms with van der Waals surface area (Å²) in [6.45, 7) is 0. The van der Waals surface area contributed by atoms with Crippen LogP contribution in [-0.2, 0) is 0 Å². The Labute approximate surface area is 138 Å². The zero-order chi connectivity index (χ0) is 14.1. The fourth-order valence-corrected chi connectivity index (χ4v) is 3.67. The average Bonchev–Trinajstić information content (AvgIpc) is 2.42. The Morgan fingerprint density at radius 1 is 0.950 bits per heavy atom. The molecule has 3 rings (SSSR count). The number of pyridine rings is 1. The van der Waals surface area contributed by atoms with Crippen LogP contribution in [0.3, 0.4) is 0 Å². The minimum atomic E-state index is 0.535. The van der Waals surface area contributed by atoms with Crippen LogP contribution in [0.5, 0.6) is 11.6 Å². The molecule has 0 aliphatic rings. The Morgan fingerprint density at radius 3 is 2.40 bits per heavy atom. The Morgan fingerprint density at radius 2 is 1.65 bits per heavy atom. The molecule has 20 heavy (non-hydrogen) atoms. The van der Waals surface area contributed by atoms with Crippen molar-refractivity contribution in [1.82, 2.24) is 4.98 Å². The number of fused-ring (bicyclic) bond motifs is 1. The van der Waals surface area contributed by atoms with E-state index in [9.17, 15) is 0 Å². The monoisotopic (exact) mass is 411 g/mol. The minimum Gasteiger partial charge on any atom is -0.437 e. The van der Waals surface area contributed by atoms with Gasteiger partial charge in [-0.2, -0.15) is 0 Å². The fourth-order valence-electron chi connectivity index (χ4n) is 1.84. The molecule has 0 N–H and O–H groups in total. The summed E-state index contributed by atoms with van der Waals surface area (Å²) in [5.41, 5.74) is 0.895. The molecule has 0 aliphatic heterocycles. The van der Waals surface area contributed by atoms with E-state index in [4.69, 9.17) is 16.3 Å². The second kappa shape index (κ2) is 5.72. The summed E-state index contributed by atoms with van der Waals surface area (Å²) in [5.74, 6) is 1.18. The van der Waals surface area contributed by atoms with E-state index in [0.29, 0.717) is 16.7 Å². The Hall–Kier alpha value is -1.10. The van der Waals surface area contributed by atoms with Gasteiger partial charge in [-0.3, -0.25) is 0 Å². The van der Waals surface area contributed by atoms with Gasteiger partial charge in [0.1, 0.15) is 0 Å². The summed E-state index contributed by atoms with van der Waals surface area (Å²) >= 11 is 12.8. The Balaban J connectivity index is 2.01. The summed E-state index contributed by atoms with van der Waals surface area (Å²) in [7, 11) is 0. The average molecular weight is 413 g/mol. The number of halogens is 3. The van der Waals surface area contributed by atoms with E-state index in [1.54, 1.807) is 12.1 Å². The van der Waals surface area contributed by atoms with Crippen molar-refractivity contribution < 1.29 is 4.74 Å². The lowest BCUT2D eigenvalue weighted by Gasteiger charge is -2.10. The molecule has 0 bridgehead atoms. The number of para-hydroxylation sites is 1. The third-order valence-corrected chi connectivity index (χ3v) is 4.14. The summed E-state index contributed by atoms with van der Waals surface area (Å²) in [5, 5.41) is 1.71. The second-order valence-corrected chi connectivity index (χ2v) is 6.29. The summed E-state index contributed by atoms with van der Waals surface area (Å²) < 4.78 is 7.38. The molecular weight excluding hydrogens is 405 g/mol. The van der Waals surface area contributed by atoms with Crippen LogP contribution in [0.15, 0.2) is 57.5 Å². The fraction of sp³-hybridized carbons (Fsp3) is 0. The molecule has 2 aromatic carbocycles. The van der Waals surface area contributed by atoms with Crippen molar-refractivity contribution in [2.75, 3.05) is 0 Å². The number of nitrogens with zero attached hydrogens (tertiary/aromatic N) is 1. The molecule has 0 radical (unpaired) electrons. The molecule has 0 unspecified atom stereocenters. The predicted octanol–water partition coefficient (Wildman–Crippen LogP) is 6.21. The van der Waals surface area contributed by atoms with E-state index in [1.165, 1.54) is 0 Å². The highest BCUT2D eigenvalue weighted by atomic mass is 79.9. The smallest absolute Gasteiger partial charge is 0.219 e. The zero-order valence-corrected chi connectivity index (χ0v) is 14.0. The number of benzene rings is 2. The minimum absolute atomic E-state index is 0.535. The van der Waals surface area contributed by atoms with Gasteiger partial charge in [0.15, 0.2) is 5.75 Å². The molecule has 0 fully saturated rings. The van der Waals surface area contributed by atoms with E-state index in [2.05, 4.69) is 36.8 Å². The van der Waals surface area contributed by atoms with Crippen LogP contribution >= 0.6 is 43.5 Å². The van der Waals surface area contributed by atoms with Gasteiger partial charge >= 0.3 is 0 Å². The molecule has 0 atom stereocenters. The quantitative estimate of drug-likeness (QED) is 0.499. The van der Waals surface area contributed by atoms with Gasteiger partial charge in [-0.05, 0) is 56.1 Å². The van der Waals surface area contributed by atoms with Crippen LogP contribution in [0.1, 0.15) is 0 Å². The molecule has 0 amide bonds. The number of rotatable bonds is 2. The van der Waals surface area contributed by atoms with E-state index in [-0.39, 0.29) is 0 Å². The SMILES string of the molecule is Clc1cc(Br)c(Oc2ccc3ccccc3n2)c(Br)c1. The van der Waals surface area contributed by atoms with Crippen molar-refractivity contribution in [3.05, 3.63) is 62.5 Å². The summed E-state index contributed by atoms with van der Waals surface area (Å²) in [6, 6.07) is 15.3. The molecule has 0 spiro atoms. The molecule has 5 heteroatoms. The molecule has 1 aromatic heterocycles. The maximum Gasteiger partial charge on any atom is 0.219 e. The van der Waals surface area contributed by atoms with Crippen LogP contribution in [-0.4, -0.2) is 4.98 Å². The molecule has 0 saturated heterocycles. The first-order valence-corrected chi connectivity index (χ1v) is 7.78. The molecule has 2 nitrogen and oxygen atoms in total. The normalized spacial score (nSPS) is 10.8. The van der Waals surface area contributed by atoms with E-state index in [0.717, 1.165) is 19.8 Å². The standard InChI is InChI=1S/C15H8Br2ClNO/c16-11-7-10(18)8-12(17)15(11)20-14-6-5-9-3-1-2-4-13(9)19-14/h1-8H. The van der Waals surface area contributed by atoms with Crippen molar-refractivity contribution in [2.45, 2.75) is 0 Å². The molecule has 3 aromatic rings. The number of hydrogen-bond donors (Lipinski definition) is 0. The number of aromatic nitrogens is 1. The van der Waals surface area contributed by atoms with Crippen LogP contribution in [0.25, 0.3) is 10.9 Å². The van der Waals surface area contributed by atoms with Gasteiger partial charge in [-0.25, -0.2) is 4.98 Å².